The molecule has 0 saturated heterocycles. The first-order chi connectivity index (χ1) is 7.41. The molecule has 1 rings (SSSR count). The molecule has 96 valence electrons. The number of methoxy groups -OCH3 is 2. The van der Waals surface area contributed by atoms with Gasteiger partial charge in [-0.3, -0.25) is 4.18 Å². The van der Waals surface area contributed by atoms with Crippen LogP contribution in [0.2, 0.25) is 0 Å². The summed E-state index contributed by atoms with van der Waals surface area (Å²) in [5.74, 6) is -0.213. The highest BCUT2D eigenvalue weighted by Gasteiger charge is 2.35. The van der Waals surface area contributed by atoms with Gasteiger partial charge in [0, 0.05) is 27.1 Å². The van der Waals surface area contributed by atoms with Crippen molar-refractivity contribution in [3.63, 3.8) is 0 Å². The Morgan fingerprint density at radius 2 is 1.69 bits per heavy atom. The van der Waals surface area contributed by atoms with Gasteiger partial charge in [-0.05, 0) is 18.8 Å². The van der Waals surface area contributed by atoms with Gasteiger partial charge in [-0.25, -0.2) is 0 Å². The smallest absolute Gasteiger partial charge is 0.264 e. The molecule has 0 unspecified atom stereocenters. The summed E-state index contributed by atoms with van der Waals surface area (Å²) in [5.41, 5.74) is 0. The number of hydrogen-bond donors (Lipinski definition) is 0. The maximum absolute atomic E-state index is 10.8. The SMILES string of the molecule is COC1(OC)CCC(COS(C)(=O)=O)CC1. The van der Waals surface area contributed by atoms with Gasteiger partial charge >= 0.3 is 0 Å². The van der Waals surface area contributed by atoms with E-state index in [0.29, 0.717) is 0 Å². The minimum absolute atomic E-state index is 0.266. The third kappa shape index (κ3) is 4.01. The fourth-order valence-electron chi connectivity index (χ4n) is 2.00. The zero-order chi connectivity index (χ0) is 12.2. The Kier molecular flexibility index (Phi) is 4.73. The zero-order valence-corrected chi connectivity index (χ0v) is 10.9. The van der Waals surface area contributed by atoms with Gasteiger partial charge in [0.25, 0.3) is 10.1 Å². The van der Waals surface area contributed by atoms with Crippen LogP contribution in [0.5, 0.6) is 0 Å². The van der Waals surface area contributed by atoms with E-state index in [1.807, 2.05) is 0 Å². The Morgan fingerprint density at radius 3 is 2.06 bits per heavy atom. The van der Waals surface area contributed by atoms with E-state index in [9.17, 15) is 8.42 Å². The van der Waals surface area contributed by atoms with Crippen molar-refractivity contribution in [2.45, 2.75) is 31.5 Å². The van der Waals surface area contributed by atoms with E-state index in [2.05, 4.69) is 0 Å². The number of hydrogen-bond acceptors (Lipinski definition) is 5. The third-order valence-electron chi connectivity index (χ3n) is 3.13. The zero-order valence-electron chi connectivity index (χ0n) is 10.1. The maximum atomic E-state index is 10.8. The first-order valence-corrected chi connectivity index (χ1v) is 7.17. The molecule has 5 nitrogen and oxygen atoms in total. The molecule has 0 aromatic rings. The van der Waals surface area contributed by atoms with E-state index >= 15 is 0 Å². The molecule has 0 N–H and O–H groups in total. The largest absolute Gasteiger partial charge is 0.353 e. The lowest BCUT2D eigenvalue weighted by Crippen LogP contribution is -2.38. The molecular formula is C10H20O5S. The van der Waals surface area contributed by atoms with E-state index in [0.717, 1.165) is 31.9 Å². The van der Waals surface area contributed by atoms with Crippen LogP contribution < -0.4 is 0 Å². The molecule has 16 heavy (non-hydrogen) atoms. The third-order valence-corrected chi connectivity index (χ3v) is 3.69. The number of rotatable bonds is 5. The fraction of sp³-hybridized carbons (Fsp3) is 1.00. The quantitative estimate of drug-likeness (QED) is 0.542. The average molecular weight is 252 g/mol. The molecule has 1 aliphatic carbocycles. The molecule has 0 atom stereocenters. The predicted octanol–water partition coefficient (Wildman–Crippen LogP) is 1.14. The molecule has 0 aromatic heterocycles. The normalized spacial score (nSPS) is 22.2. The van der Waals surface area contributed by atoms with E-state index < -0.39 is 15.9 Å². The number of ether oxygens (including phenoxy) is 2. The van der Waals surface area contributed by atoms with Gasteiger partial charge in [-0.1, -0.05) is 0 Å². The van der Waals surface area contributed by atoms with E-state index in [-0.39, 0.29) is 12.5 Å². The summed E-state index contributed by atoms with van der Waals surface area (Å²) in [6, 6.07) is 0. The molecule has 0 spiro atoms. The first-order valence-electron chi connectivity index (χ1n) is 5.35. The van der Waals surface area contributed by atoms with Crippen LogP contribution in [0.4, 0.5) is 0 Å². The molecule has 0 aliphatic heterocycles. The van der Waals surface area contributed by atoms with Crippen LogP contribution in [0.3, 0.4) is 0 Å². The molecule has 6 heteroatoms. The van der Waals surface area contributed by atoms with Gasteiger partial charge in [0.1, 0.15) is 0 Å². The minimum Gasteiger partial charge on any atom is -0.353 e. The first kappa shape index (κ1) is 13.9. The molecule has 0 amide bonds. The van der Waals surface area contributed by atoms with Gasteiger partial charge in [0.15, 0.2) is 5.79 Å². The Labute approximate surface area is 97.2 Å². The second kappa shape index (κ2) is 5.44. The summed E-state index contributed by atoms with van der Waals surface area (Å²) in [5, 5.41) is 0. The van der Waals surface area contributed by atoms with Gasteiger partial charge < -0.3 is 9.47 Å². The fourth-order valence-corrected chi connectivity index (χ4v) is 2.44. The van der Waals surface area contributed by atoms with Gasteiger partial charge in [-0.15, -0.1) is 0 Å². The highest BCUT2D eigenvalue weighted by molar-refractivity contribution is 7.85. The highest BCUT2D eigenvalue weighted by atomic mass is 32.2. The van der Waals surface area contributed by atoms with Crippen molar-refractivity contribution in [2.75, 3.05) is 27.1 Å². The Morgan fingerprint density at radius 1 is 1.19 bits per heavy atom. The second-order valence-corrected chi connectivity index (χ2v) is 5.89. The molecule has 1 fully saturated rings. The van der Waals surface area contributed by atoms with E-state index in [1.165, 1.54) is 0 Å². The summed E-state index contributed by atoms with van der Waals surface area (Å²) in [4.78, 5) is 0. The van der Waals surface area contributed by atoms with Gasteiger partial charge in [0.2, 0.25) is 0 Å². The summed E-state index contributed by atoms with van der Waals surface area (Å²) in [6.45, 7) is 0.266. The van der Waals surface area contributed by atoms with Crippen molar-refractivity contribution < 1.29 is 22.1 Å². The summed E-state index contributed by atoms with van der Waals surface area (Å²) in [7, 11) is -0.0544. The maximum Gasteiger partial charge on any atom is 0.264 e. The van der Waals surface area contributed by atoms with Crippen LogP contribution in [-0.2, 0) is 23.8 Å². The lowest BCUT2D eigenvalue weighted by Gasteiger charge is -2.37. The molecule has 1 saturated carbocycles. The molecule has 0 radical (unpaired) electrons. The van der Waals surface area contributed by atoms with Crippen molar-refractivity contribution in [1.29, 1.82) is 0 Å². The summed E-state index contributed by atoms with van der Waals surface area (Å²) in [6.07, 6.45) is 4.34. The van der Waals surface area contributed by atoms with E-state index in [1.54, 1.807) is 14.2 Å². The second-order valence-electron chi connectivity index (χ2n) is 4.25. The van der Waals surface area contributed by atoms with Crippen LogP contribution in [-0.4, -0.2) is 41.3 Å². The predicted molar refractivity (Wildman–Crippen MR) is 59.5 cm³/mol. The average Bonchev–Trinajstić information content (AvgIpc) is 2.26. The molecule has 0 aromatic carbocycles. The van der Waals surface area contributed by atoms with Crippen LogP contribution in [0.25, 0.3) is 0 Å². The van der Waals surface area contributed by atoms with Crippen LogP contribution >= 0.6 is 0 Å². The molecule has 0 bridgehead atoms. The lowest BCUT2D eigenvalue weighted by molar-refractivity contribution is -0.228. The summed E-state index contributed by atoms with van der Waals surface area (Å²) >= 11 is 0. The van der Waals surface area contributed by atoms with Gasteiger partial charge in [-0.2, -0.15) is 8.42 Å². The Hall–Kier alpha value is -0.170. The van der Waals surface area contributed by atoms with E-state index in [4.69, 9.17) is 13.7 Å². The van der Waals surface area contributed by atoms with Crippen LogP contribution in [0, 0.1) is 5.92 Å². The summed E-state index contributed by atoms with van der Waals surface area (Å²) < 4.78 is 37.2. The highest BCUT2D eigenvalue weighted by Crippen LogP contribution is 2.35. The topological polar surface area (TPSA) is 61.8 Å². The standard InChI is InChI=1S/C10H20O5S/c1-13-10(14-2)6-4-9(5-7-10)8-15-16(3,11)12/h9H,4-8H2,1-3H3. The monoisotopic (exact) mass is 252 g/mol. The minimum atomic E-state index is -3.33. The van der Waals surface area contributed by atoms with Crippen LogP contribution in [0.15, 0.2) is 0 Å². The van der Waals surface area contributed by atoms with Crippen molar-refractivity contribution >= 4 is 10.1 Å². The molecule has 1 aliphatic rings. The van der Waals surface area contributed by atoms with Crippen molar-refractivity contribution in [3.8, 4) is 0 Å². The van der Waals surface area contributed by atoms with Crippen molar-refractivity contribution in [1.82, 2.24) is 0 Å². The molecular weight excluding hydrogens is 232 g/mol. The van der Waals surface area contributed by atoms with Gasteiger partial charge in [0.05, 0.1) is 12.9 Å². The lowest BCUT2D eigenvalue weighted by atomic mass is 9.85. The Balaban J connectivity index is 2.37. The van der Waals surface area contributed by atoms with Crippen molar-refractivity contribution in [3.05, 3.63) is 0 Å². The van der Waals surface area contributed by atoms with Crippen LogP contribution in [0.1, 0.15) is 25.7 Å². The van der Waals surface area contributed by atoms with Crippen molar-refractivity contribution in [2.24, 2.45) is 5.92 Å². The Bertz CT molecular complexity index is 297. The molecule has 0 heterocycles.